The Morgan fingerprint density at radius 2 is 2.37 bits per heavy atom. The summed E-state index contributed by atoms with van der Waals surface area (Å²) in [6.45, 7) is 1.90. The van der Waals surface area contributed by atoms with Gasteiger partial charge in [-0.3, -0.25) is 10.1 Å². The van der Waals surface area contributed by atoms with Crippen LogP contribution in [-0.4, -0.2) is 40.7 Å². The van der Waals surface area contributed by atoms with Gasteiger partial charge >= 0.3 is 11.7 Å². The van der Waals surface area contributed by atoms with Crippen LogP contribution < -0.4 is 5.32 Å². The third-order valence-electron chi connectivity index (χ3n) is 2.42. The monoisotopic (exact) mass is 269 g/mol. The molecule has 1 rings (SSSR count). The van der Waals surface area contributed by atoms with Crippen molar-refractivity contribution in [3.63, 3.8) is 0 Å². The van der Waals surface area contributed by atoms with Gasteiger partial charge in [-0.25, -0.2) is 9.78 Å². The Morgan fingerprint density at radius 1 is 1.68 bits per heavy atom. The van der Waals surface area contributed by atoms with Gasteiger partial charge in [-0.1, -0.05) is 0 Å². The van der Waals surface area contributed by atoms with Gasteiger partial charge in [0.1, 0.15) is 6.04 Å². The molecule has 1 unspecified atom stereocenters. The van der Waals surface area contributed by atoms with Crippen molar-refractivity contribution >= 4 is 17.5 Å². The number of nitro groups is 1. The van der Waals surface area contributed by atoms with Crippen molar-refractivity contribution in [2.24, 2.45) is 0 Å². The Morgan fingerprint density at radius 3 is 2.89 bits per heavy atom. The van der Waals surface area contributed by atoms with Crippen LogP contribution in [0.25, 0.3) is 0 Å². The number of carbonyl (C=O) groups is 1. The number of ether oxygens (including phenoxy) is 1. The molecule has 0 bridgehead atoms. The molecule has 0 spiro atoms. The van der Waals surface area contributed by atoms with Gasteiger partial charge in [0.15, 0.2) is 0 Å². The predicted octanol–water partition coefficient (Wildman–Crippen LogP) is 1.20. The van der Waals surface area contributed by atoms with Gasteiger partial charge in [0.2, 0.25) is 5.82 Å². The Hall–Kier alpha value is -2.22. The number of hydrogen-bond donors (Lipinski definition) is 2. The first-order valence-corrected chi connectivity index (χ1v) is 5.55. The van der Waals surface area contributed by atoms with Crippen LogP contribution in [0.5, 0.6) is 0 Å². The summed E-state index contributed by atoms with van der Waals surface area (Å²) in [5, 5.41) is 22.5. The number of carboxylic acids is 1. The molecule has 0 aliphatic rings. The van der Waals surface area contributed by atoms with E-state index in [0.717, 1.165) is 0 Å². The lowest BCUT2D eigenvalue weighted by Gasteiger charge is -2.14. The Balaban J connectivity index is 2.95. The molecule has 2 N–H and O–H groups in total. The van der Waals surface area contributed by atoms with Gasteiger partial charge < -0.3 is 15.2 Å². The molecule has 1 aromatic rings. The predicted molar refractivity (Wildman–Crippen MR) is 67.2 cm³/mol. The van der Waals surface area contributed by atoms with E-state index in [9.17, 15) is 14.9 Å². The molecule has 0 fully saturated rings. The lowest BCUT2D eigenvalue weighted by atomic mass is 10.2. The zero-order chi connectivity index (χ0) is 14.4. The van der Waals surface area contributed by atoms with E-state index in [0.29, 0.717) is 5.56 Å². The molecule has 0 saturated carbocycles. The summed E-state index contributed by atoms with van der Waals surface area (Å²) < 4.78 is 4.80. The lowest BCUT2D eigenvalue weighted by molar-refractivity contribution is -0.384. The SMILES string of the molecule is COCCC(Nc1ncc(C)cc1[N+](=O)[O-])C(=O)O. The molecule has 8 heteroatoms. The van der Waals surface area contributed by atoms with Crippen molar-refractivity contribution in [3.05, 3.63) is 27.9 Å². The van der Waals surface area contributed by atoms with Gasteiger partial charge in [0.05, 0.1) is 4.92 Å². The summed E-state index contributed by atoms with van der Waals surface area (Å²) in [4.78, 5) is 25.2. The van der Waals surface area contributed by atoms with E-state index in [1.54, 1.807) is 6.92 Å². The van der Waals surface area contributed by atoms with E-state index in [1.807, 2.05) is 0 Å². The van der Waals surface area contributed by atoms with Crippen molar-refractivity contribution in [2.45, 2.75) is 19.4 Å². The van der Waals surface area contributed by atoms with Crippen molar-refractivity contribution in [1.29, 1.82) is 0 Å². The van der Waals surface area contributed by atoms with E-state index >= 15 is 0 Å². The summed E-state index contributed by atoms with van der Waals surface area (Å²) in [7, 11) is 1.45. The number of aromatic nitrogens is 1. The molecule has 0 aromatic carbocycles. The van der Waals surface area contributed by atoms with Gasteiger partial charge in [-0.2, -0.15) is 0 Å². The first kappa shape index (κ1) is 14.8. The molecule has 0 saturated heterocycles. The zero-order valence-electron chi connectivity index (χ0n) is 10.6. The molecule has 8 nitrogen and oxygen atoms in total. The number of methoxy groups -OCH3 is 1. The molecule has 0 aliphatic heterocycles. The topological polar surface area (TPSA) is 115 Å². The smallest absolute Gasteiger partial charge is 0.326 e. The highest BCUT2D eigenvalue weighted by molar-refractivity contribution is 5.78. The Kier molecular flexibility index (Phi) is 5.19. The number of anilines is 1. The largest absolute Gasteiger partial charge is 0.480 e. The average molecular weight is 269 g/mol. The molecule has 0 radical (unpaired) electrons. The highest BCUT2D eigenvalue weighted by Crippen LogP contribution is 2.23. The standard InChI is InChI=1S/C11H15N3O5/c1-7-5-9(14(17)18)10(12-6-7)13-8(11(15)16)3-4-19-2/h5-6,8H,3-4H2,1-2H3,(H,12,13)(H,15,16). The maximum atomic E-state index is 11.0. The Labute approximate surface area is 109 Å². The molecular formula is C11H15N3O5. The fourth-order valence-corrected chi connectivity index (χ4v) is 1.46. The number of nitrogens with one attached hydrogen (secondary N) is 1. The van der Waals surface area contributed by atoms with E-state index in [4.69, 9.17) is 9.84 Å². The number of aliphatic carboxylic acids is 1. The second-order valence-electron chi connectivity index (χ2n) is 3.95. The zero-order valence-corrected chi connectivity index (χ0v) is 10.6. The molecule has 0 amide bonds. The number of carboxylic acid groups (broad SMARTS) is 1. The molecule has 1 heterocycles. The van der Waals surface area contributed by atoms with Crippen LogP contribution in [-0.2, 0) is 9.53 Å². The second kappa shape index (κ2) is 6.64. The van der Waals surface area contributed by atoms with E-state index < -0.39 is 16.9 Å². The third-order valence-corrected chi connectivity index (χ3v) is 2.42. The van der Waals surface area contributed by atoms with Crippen LogP contribution in [0.1, 0.15) is 12.0 Å². The minimum atomic E-state index is -1.12. The molecule has 104 valence electrons. The number of aryl methyl sites for hydroxylation is 1. The van der Waals surface area contributed by atoms with Crippen LogP contribution in [0.2, 0.25) is 0 Å². The van der Waals surface area contributed by atoms with Crippen LogP contribution in [0.4, 0.5) is 11.5 Å². The normalized spacial score (nSPS) is 11.9. The molecule has 1 aromatic heterocycles. The number of rotatable bonds is 7. The number of nitrogens with zero attached hydrogens (tertiary/aromatic N) is 2. The summed E-state index contributed by atoms with van der Waals surface area (Å²) in [6.07, 6.45) is 1.61. The summed E-state index contributed by atoms with van der Waals surface area (Å²) >= 11 is 0. The van der Waals surface area contributed by atoms with Crippen molar-refractivity contribution in [1.82, 2.24) is 4.98 Å². The van der Waals surface area contributed by atoms with Crippen LogP contribution in [0.15, 0.2) is 12.3 Å². The average Bonchev–Trinajstić information content (AvgIpc) is 2.35. The lowest BCUT2D eigenvalue weighted by Crippen LogP contribution is -2.31. The van der Waals surface area contributed by atoms with Crippen molar-refractivity contribution < 1.29 is 19.6 Å². The van der Waals surface area contributed by atoms with Gasteiger partial charge in [0, 0.05) is 32.4 Å². The fourth-order valence-electron chi connectivity index (χ4n) is 1.46. The van der Waals surface area contributed by atoms with E-state index in [1.165, 1.54) is 19.4 Å². The minimum Gasteiger partial charge on any atom is -0.480 e. The Bertz CT molecular complexity index is 477. The first-order valence-electron chi connectivity index (χ1n) is 5.55. The summed E-state index contributed by atoms with van der Waals surface area (Å²) in [5.74, 6) is -1.17. The fraction of sp³-hybridized carbons (Fsp3) is 0.455. The summed E-state index contributed by atoms with van der Waals surface area (Å²) in [5.41, 5.74) is 0.379. The maximum Gasteiger partial charge on any atom is 0.326 e. The first-order chi connectivity index (χ1) is 8.95. The molecule has 19 heavy (non-hydrogen) atoms. The van der Waals surface area contributed by atoms with Crippen LogP contribution in [0, 0.1) is 17.0 Å². The van der Waals surface area contributed by atoms with E-state index in [2.05, 4.69) is 10.3 Å². The molecule has 1 atom stereocenters. The maximum absolute atomic E-state index is 11.0. The second-order valence-corrected chi connectivity index (χ2v) is 3.95. The van der Waals surface area contributed by atoms with Gasteiger partial charge in [0.25, 0.3) is 0 Å². The number of hydrogen-bond acceptors (Lipinski definition) is 6. The van der Waals surface area contributed by atoms with Crippen molar-refractivity contribution in [3.8, 4) is 0 Å². The van der Waals surface area contributed by atoms with E-state index in [-0.39, 0.29) is 24.5 Å². The highest BCUT2D eigenvalue weighted by atomic mass is 16.6. The molecular weight excluding hydrogens is 254 g/mol. The quantitative estimate of drug-likeness (QED) is 0.564. The highest BCUT2D eigenvalue weighted by Gasteiger charge is 2.23. The summed E-state index contributed by atoms with van der Waals surface area (Å²) in [6, 6.07) is 0.346. The number of pyridine rings is 1. The molecule has 0 aliphatic carbocycles. The third kappa shape index (κ3) is 4.18. The van der Waals surface area contributed by atoms with Crippen LogP contribution >= 0.6 is 0 Å². The van der Waals surface area contributed by atoms with Crippen molar-refractivity contribution in [2.75, 3.05) is 19.0 Å². The van der Waals surface area contributed by atoms with Gasteiger partial charge in [-0.15, -0.1) is 0 Å². The van der Waals surface area contributed by atoms with Crippen LogP contribution in [0.3, 0.4) is 0 Å². The van der Waals surface area contributed by atoms with Gasteiger partial charge in [-0.05, 0) is 12.5 Å². The minimum absolute atomic E-state index is 0.0564.